The van der Waals surface area contributed by atoms with Crippen LogP contribution in [0.5, 0.6) is 0 Å². The number of ether oxygens (including phenoxy) is 1. The van der Waals surface area contributed by atoms with Crippen molar-refractivity contribution in [2.45, 2.75) is 19.6 Å². The van der Waals surface area contributed by atoms with Gasteiger partial charge in [0.1, 0.15) is 0 Å². The number of aromatic nitrogens is 1. The maximum absolute atomic E-state index is 13.0. The summed E-state index contributed by atoms with van der Waals surface area (Å²) < 4.78 is 43.7. The van der Waals surface area contributed by atoms with E-state index in [2.05, 4.69) is 15.6 Å². The number of alkyl carbamates (subject to hydrolysis) is 1. The van der Waals surface area contributed by atoms with Crippen LogP contribution < -0.4 is 10.6 Å². The zero-order valence-corrected chi connectivity index (χ0v) is 13.8. The Morgan fingerprint density at radius 2 is 1.92 bits per heavy atom. The molecule has 0 unspecified atom stereocenters. The zero-order valence-electron chi connectivity index (χ0n) is 13.8. The molecule has 138 valence electrons. The average Bonchev–Trinajstić information content (AvgIpc) is 2.60. The number of para-hydroxylation sites is 1. The molecule has 1 aromatic heterocycles. The largest absolute Gasteiger partial charge is 0.450 e. The number of alkyl halides is 3. The smallest absolute Gasteiger partial charge is 0.418 e. The molecule has 1 aromatic carbocycles. The van der Waals surface area contributed by atoms with Crippen molar-refractivity contribution >= 4 is 17.7 Å². The van der Waals surface area contributed by atoms with Gasteiger partial charge in [-0.3, -0.25) is 9.78 Å². The van der Waals surface area contributed by atoms with Gasteiger partial charge in [0.25, 0.3) is 5.91 Å². The predicted octanol–water partition coefficient (Wildman–Crippen LogP) is 3.60. The topological polar surface area (TPSA) is 80.3 Å². The van der Waals surface area contributed by atoms with E-state index in [1.807, 2.05) is 0 Å². The number of nitrogens with one attached hydrogen (secondary N) is 2. The Morgan fingerprint density at radius 3 is 2.62 bits per heavy atom. The number of carbonyl (C=O) groups excluding carboxylic acids is 2. The Labute approximate surface area is 147 Å². The number of benzene rings is 1. The third-order valence-electron chi connectivity index (χ3n) is 3.25. The molecule has 0 radical (unpaired) electrons. The molecule has 0 atom stereocenters. The maximum Gasteiger partial charge on any atom is 0.418 e. The molecule has 26 heavy (non-hydrogen) atoms. The van der Waals surface area contributed by atoms with E-state index in [9.17, 15) is 22.8 Å². The van der Waals surface area contributed by atoms with Crippen LogP contribution in [0.15, 0.2) is 42.6 Å². The Hall–Kier alpha value is -3.10. The third kappa shape index (κ3) is 5.20. The van der Waals surface area contributed by atoms with E-state index in [1.54, 1.807) is 6.92 Å². The minimum atomic E-state index is -4.59. The molecule has 0 aliphatic rings. The first kappa shape index (κ1) is 19.2. The van der Waals surface area contributed by atoms with Gasteiger partial charge in [-0.05, 0) is 31.2 Å². The molecular formula is C17H16F3N3O3. The number of nitrogens with zero attached hydrogens (tertiary/aromatic N) is 1. The van der Waals surface area contributed by atoms with Gasteiger partial charge in [-0.2, -0.15) is 13.2 Å². The molecule has 0 spiro atoms. The number of halogens is 3. The third-order valence-corrected chi connectivity index (χ3v) is 3.25. The molecule has 0 aliphatic carbocycles. The van der Waals surface area contributed by atoms with Crippen LogP contribution in [0.25, 0.3) is 0 Å². The maximum atomic E-state index is 13.0. The Balaban J connectivity index is 2.11. The zero-order chi connectivity index (χ0) is 19.2. The van der Waals surface area contributed by atoms with E-state index in [0.717, 1.165) is 6.07 Å². The van der Waals surface area contributed by atoms with Gasteiger partial charge in [0.2, 0.25) is 0 Å². The summed E-state index contributed by atoms with van der Waals surface area (Å²) in [7, 11) is 0. The minimum absolute atomic E-state index is 0.0130. The number of hydrogen-bond acceptors (Lipinski definition) is 4. The summed E-state index contributed by atoms with van der Waals surface area (Å²) in [5.74, 6) is -0.721. The van der Waals surface area contributed by atoms with Crippen LogP contribution in [-0.2, 0) is 17.5 Å². The number of rotatable bonds is 5. The molecule has 0 saturated heterocycles. The highest BCUT2D eigenvalue weighted by atomic mass is 19.4. The molecule has 0 fully saturated rings. The number of hydrogen-bond donors (Lipinski definition) is 2. The monoisotopic (exact) mass is 367 g/mol. The van der Waals surface area contributed by atoms with Crippen LogP contribution >= 0.6 is 0 Å². The fourth-order valence-electron chi connectivity index (χ4n) is 2.09. The number of anilines is 1. The van der Waals surface area contributed by atoms with E-state index >= 15 is 0 Å². The molecule has 0 aliphatic heterocycles. The van der Waals surface area contributed by atoms with E-state index < -0.39 is 23.7 Å². The summed E-state index contributed by atoms with van der Waals surface area (Å²) in [6.45, 7) is 1.88. The van der Waals surface area contributed by atoms with Crippen molar-refractivity contribution in [2.75, 3.05) is 11.9 Å². The van der Waals surface area contributed by atoms with Gasteiger partial charge < -0.3 is 15.4 Å². The summed E-state index contributed by atoms with van der Waals surface area (Å²) in [5, 5.41) is 4.69. The lowest BCUT2D eigenvalue weighted by molar-refractivity contribution is -0.136. The highest BCUT2D eigenvalue weighted by Gasteiger charge is 2.33. The minimum Gasteiger partial charge on any atom is -0.450 e. The van der Waals surface area contributed by atoms with Crippen molar-refractivity contribution in [3.8, 4) is 0 Å². The molecule has 2 rings (SSSR count). The number of carbonyl (C=O) groups is 2. The molecular weight excluding hydrogens is 351 g/mol. The van der Waals surface area contributed by atoms with Crippen LogP contribution in [0.4, 0.5) is 23.7 Å². The Kier molecular flexibility index (Phi) is 6.16. The molecule has 0 saturated carbocycles. The van der Waals surface area contributed by atoms with E-state index in [-0.39, 0.29) is 24.4 Å². The van der Waals surface area contributed by atoms with Crippen LogP contribution in [0.3, 0.4) is 0 Å². The second-order valence-corrected chi connectivity index (χ2v) is 5.11. The van der Waals surface area contributed by atoms with Crippen LogP contribution in [0.1, 0.15) is 28.5 Å². The Morgan fingerprint density at radius 1 is 1.19 bits per heavy atom. The summed E-state index contributed by atoms with van der Waals surface area (Å²) in [4.78, 5) is 27.5. The van der Waals surface area contributed by atoms with Crippen LogP contribution in [0.2, 0.25) is 0 Å². The summed E-state index contributed by atoms with van der Waals surface area (Å²) in [5.41, 5.74) is -0.813. The normalized spacial score (nSPS) is 10.9. The fourth-order valence-corrected chi connectivity index (χ4v) is 2.09. The van der Waals surface area contributed by atoms with Gasteiger partial charge in [0.15, 0.2) is 0 Å². The molecule has 2 amide bonds. The SMILES string of the molecule is CCOC(=O)NCc1cc(C(=O)Nc2ccccc2C(F)(F)F)ccn1. The van der Waals surface area contributed by atoms with Gasteiger partial charge in [-0.15, -0.1) is 0 Å². The lowest BCUT2D eigenvalue weighted by Gasteiger charge is -2.13. The summed E-state index contributed by atoms with van der Waals surface area (Å²) in [6, 6.07) is 7.43. The first-order chi connectivity index (χ1) is 12.3. The van der Waals surface area contributed by atoms with E-state index in [0.29, 0.717) is 5.69 Å². The lowest BCUT2D eigenvalue weighted by Crippen LogP contribution is -2.24. The van der Waals surface area contributed by atoms with Gasteiger partial charge in [0.05, 0.1) is 30.1 Å². The lowest BCUT2D eigenvalue weighted by atomic mass is 10.1. The van der Waals surface area contributed by atoms with Crippen molar-refractivity contribution in [3.05, 3.63) is 59.4 Å². The second kappa shape index (κ2) is 8.32. The number of pyridine rings is 1. The molecule has 2 N–H and O–H groups in total. The highest BCUT2D eigenvalue weighted by molar-refractivity contribution is 6.04. The van der Waals surface area contributed by atoms with Crippen molar-refractivity contribution in [1.29, 1.82) is 0 Å². The van der Waals surface area contributed by atoms with Gasteiger partial charge in [-0.25, -0.2) is 4.79 Å². The molecule has 9 heteroatoms. The average molecular weight is 367 g/mol. The molecule has 2 aromatic rings. The quantitative estimate of drug-likeness (QED) is 0.846. The van der Waals surface area contributed by atoms with Crippen LogP contribution in [0, 0.1) is 0 Å². The first-order valence-electron chi connectivity index (χ1n) is 7.64. The first-order valence-corrected chi connectivity index (χ1v) is 7.64. The molecule has 1 heterocycles. The Bertz CT molecular complexity index is 794. The van der Waals surface area contributed by atoms with Gasteiger partial charge >= 0.3 is 12.3 Å². The standard InChI is InChI=1S/C17H16F3N3O3/c1-2-26-16(25)22-10-12-9-11(7-8-21-12)15(24)23-14-6-4-3-5-13(14)17(18,19)20/h3-9H,2,10H2,1H3,(H,22,25)(H,23,24). The van der Waals surface area contributed by atoms with E-state index in [4.69, 9.17) is 4.74 Å². The molecule has 6 nitrogen and oxygen atoms in total. The van der Waals surface area contributed by atoms with Crippen molar-refractivity contribution < 1.29 is 27.5 Å². The van der Waals surface area contributed by atoms with Gasteiger partial charge in [-0.1, -0.05) is 12.1 Å². The summed E-state index contributed by atoms with van der Waals surface area (Å²) in [6.07, 6.45) is -3.90. The highest BCUT2D eigenvalue weighted by Crippen LogP contribution is 2.34. The summed E-state index contributed by atoms with van der Waals surface area (Å²) >= 11 is 0. The van der Waals surface area contributed by atoms with Gasteiger partial charge in [0, 0.05) is 11.8 Å². The van der Waals surface area contributed by atoms with Crippen molar-refractivity contribution in [2.24, 2.45) is 0 Å². The van der Waals surface area contributed by atoms with Crippen molar-refractivity contribution in [3.63, 3.8) is 0 Å². The molecule has 0 bridgehead atoms. The van der Waals surface area contributed by atoms with E-state index in [1.165, 1.54) is 36.5 Å². The predicted molar refractivity (Wildman–Crippen MR) is 87.5 cm³/mol. The number of amides is 2. The fraction of sp³-hybridized carbons (Fsp3) is 0.235. The van der Waals surface area contributed by atoms with Crippen LogP contribution in [-0.4, -0.2) is 23.6 Å². The van der Waals surface area contributed by atoms with Crippen molar-refractivity contribution in [1.82, 2.24) is 10.3 Å². The second-order valence-electron chi connectivity index (χ2n) is 5.11.